The van der Waals surface area contributed by atoms with Crippen LogP contribution in [-0.4, -0.2) is 14.2 Å². The molecular weight excluding hydrogens is 679 g/mol. The molecule has 4 aromatic rings. The van der Waals surface area contributed by atoms with Crippen LogP contribution in [0.3, 0.4) is 0 Å². The van der Waals surface area contributed by atoms with Crippen molar-refractivity contribution in [3.8, 4) is 33.8 Å². The summed E-state index contributed by atoms with van der Waals surface area (Å²) in [6.45, 7) is 0. The number of hydrogen-bond donors (Lipinski definition) is 0. The zero-order chi connectivity index (χ0) is 28.6. The van der Waals surface area contributed by atoms with E-state index in [0.29, 0.717) is 7.35 Å². The van der Waals surface area contributed by atoms with E-state index < -0.39 is 20.0 Å². The first-order chi connectivity index (χ1) is 20.5. The molecule has 0 aromatic heterocycles. The van der Waals surface area contributed by atoms with E-state index in [-0.39, 0.29) is 5.41 Å². The van der Waals surface area contributed by atoms with E-state index in [2.05, 4.69) is 106 Å². The van der Waals surface area contributed by atoms with Crippen LogP contribution in [0, 0.1) is 5.41 Å². The predicted octanol–water partition coefficient (Wildman–Crippen LogP) is 10.4. The fourth-order valence-electron chi connectivity index (χ4n) is 9.17. The molecule has 210 valence electrons. The first-order valence-electron chi connectivity index (χ1n) is 15.4. The number of hydrogen-bond acceptors (Lipinski definition) is 2. The molecule has 0 N–H and O–H groups in total. The molecule has 1 spiro atoms. The Morgan fingerprint density at radius 2 is 1.02 bits per heavy atom. The quantitative estimate of drug-likeness (QED) is 0.196. The van der Waals surface area contributed by atoms with Crippen LogP contribution in [0.5, 0.6) is 11.5 Å². The summed E-state index contributed by atoms with van der Waals surface area (Å²) in [7, 11) is 3.48. The van der Waals surface area contributed by atoms with Gasteiger partial charge in [-0.1, -0.05) is 0 Å². The summed E-state index contributed by atoms with van der Waals surface area (Å²) in [4.78, 5) is 0. The number of fused-ring (bicyclic) bond motifs is 8. The Hall–Kier alpha value is -3.17. The fraction of sp³-hybridized carbons (Fsp3) is 0.282. The van der Waals surface area contributed by atoms with Gasteiger partial charge in [-0.15, -0.1) is 0 Å². The van der Waals surface area contributed by atoms with Crippen molar-refractivity contribution < 1.29 is 29.4 Å². The Kier molecular flexibility index (Phi) is 6.09. The Morgan fingerprint density at radius 3 is 1.43 bits per heavy atom. The second-order valence-electron chi connectivity index (χ2n) is 13.2. The van der Waals surface area contributed by atoms with Gasteiger partial charge in [-0.05, 0) is 0 Å². The SMILES string of the molecule is COc1ccc(-c2cccc3c2C=C2[CH]3[Hf]([CH3])([CH3])[CH]3C(=Cc4c(-c5ccc(OC)cc5)cccc43)C23CCCC3)cc1. The fourth-order valence-corrected chi connectivity index (χ4v) is 26.3. The number of ether oxygens (including phenoxy) is 2. The van der Waals surface area contributed by atoms with Crippen molar-refractivity contribution in [3.05, 3.63) is 118 Å². The number of allylic oxidation sites excluding steroid dienone is 2. The minimum atomic E-state index is -3.07. The molecule has 1 saturated heterocycles. The topological polar surface area (TPSA) is 18.5 Å². The molecule has 2 fully saturated rings. The molecule has 2 nitrogen and oxygen atoms in total. The summed E-state index contributed by atoms with van der Waals surface area (Å²) in [6, 6.07) is 31.5. The van der Waals surface area contributed by atoms with Crippen LogP contribution >= 0.6 is 0 Å². The molecule has 42 heavy (non-hydrogen) atoms. The predicted molar refractivity (Wildman–Crippen MR) is 171 cm³/mol. The summed E-state index contributed by atoms with van der Waals surface area (Å²) in [5.74, 6) is 1.82. The molecule has 3 aliphatic carbocycles. The van der Waals surface area contributed by atoms with Gasteiger partial charge in [-0.3, -0.25) is 0 Å². The summed E-state index contributed by atoms with van der Waals surface area (Å²) >= 11 is -3.07. The Bertz CT molecular complexity index is 1640. The van der Waals surface area contributed by atoms with Gasteiger partial charge in [0.1, 0.15) is 0 Å². The van der Waals surface area contributed by atoms with Gasteiger partial charge < -0.3 is 0 Å². The molecule has 2 unspecified atom stereocenters. The summed E-state index contributed by atoms with van der Waals surface area (Å²) in [6.07, 6.45) is 10.6. The molecule has 1 saturated carbocycles. The first-order valence-corrected chi connectivity index (χ1v) is 26.8. The molecule has 0 amide bonds. The summed E-state index contributed by atoms with van der Waals surface area (Å²) < 4.78 is 17.7. The molecule has 0 bridgehead atoms. The van der Waals surface area contributed by atoms with Crippen LogP contribution in [0.25, 0.3) is 34.4 Å². The van der Waals surface area contributed by atoms with Gasteiger partial charge in [-0.2, -0.15) is 0 Å². The van der Waals surface area contributed by atoms with Crippen molar-refractivity contribution in [2.24, 2.45) is 5.41 Å². The van der Waals surface area contributed by atoms with Crippen LogP contribution in [0.1, 0.15) is 55.3 Å². The normalized spacial score (nSPS) is 22.1. The van der Waals surface area contributed by atoms with Crippen molar-refractivity contribution in [2.45, 2.75) is 42.4 Å². The van der Waals surface area contributed by atoms with E-state index in [1.165, 1.54) is 59.1 Å². The molecule has 0 radical (unpaired) electrons. The number of benzene rings is 4. The molecule has 3 heteroatoms. The zero-order valence-electron chi connectivity index (χ0n) is 25.0. The van der Waals surface area contributed by atoms with Gasteiger partial charge in [0.2, 0.25) is 0 Å². The number of methoxy groups -OCH3 is 2. The van der Waals surface area contributed by atoms with Crippen molar-refractivity contribution in [1.29, 1.82) is 0 Å². The van der Waals surface area contributed by atoms with Crippen LogP contribution in [0.4, 0.5) is 0 Å². The minimum absolute atomic E-state index is 0.192. The van der Waals surface area contributed by atoms with Gasteiger partial charge in [0.15, 0.2) is 0 Å². The monoisotopic (exact) mass is 718 g/mol. The van der Waals surface area contributed by atoms with Crippen LogP contribution in [0.15, 0.2) is 96.1 Å². The first kappa shape index (κ1) is 26.5. The molecule has 4 aromatic carbocycles. The molecule has 2 atom stereocenters. The van der Waals surface area contributed by atoms with Crippen LogP contribution in [-0.2, 0) is 20.0 Å². The van der Waals surface area contributed by atoms with E-state index in [0.717, 1.165) is 11.5 Å². The Balaban J connectivity index is 1.32. The molecular formula is C39H38HfO2. The van der Waals surface area contributed by atoms with Crippen molar-refractivity contribution >= 4 is 12.2 Å². The van der Waals surface area contributed by atoms with Gasteiger partial charge in [0.05, 0.1) is 0 Å². The standard InChI is InChI=1S/C37H32O2.2CH3.Hf/c1-38-31-15-11-25(12-16-31)33-9-5-7-27-21-29(23-35(27)33)37(19-3-4-20-37)30-22-28-8-6-10-34(36(28)24-30)26-13-17-32(39-2)18-14-26;;;/h5-18,21-24H,3-4,19-20H2,1-2H3;2*1H3;. The van der Waals surface area contributed by atoms with E-state index in [1.807, 2.05) is 0 Å². The van der Waals surface area contributed by atoms with E-state index in [4.69, 9.17) is 9.47 Å². The summed E-state index contributed by atoms with van der Waals surface area (Å²) in [5, 5.41) is 0. The average Bonchev–Trinajstić information content (AvgIpc) is 3.77. The third-order valence-corrected chi connectivity index (χ3v) is 26.1. The third kappa shape index (κ3) is 3.65. The van der Waals surface area contributed by atoms with Gasteiger partial charge in [0.25, 0.3) is 0 Å². The van der Waals surface area contributed by atoms with Crippen molar-refractivity contribution in [1.82, 2.24) is 0 Å². The Morgan fingerprint density at radius 1 is 0.595 bits per heavy atom. The maximum absolute atomic E-state index is 5.47. The molecule has 8 rings (SSSR count). The third-order valence-electron chi connectivity index (χ3n) is 11.0. The van der Waals surface area contributed by atoms with Gasteiger partial charge in [-0.25, -0.2) is 0 Å². The molecule has 1 aliphatic heterocycles. The van der Waals surface area contributed by atoms with Crippen molar-refractivity contribution in [3.63, 3.8) is 0 Å². The van der Waals surface area contributed by atoms with Crippen LogP contribution < -0.4 is 9.47 Å². The van der Waals surface area contributed by atoms with Gasteiger partial charge in [0, 0.05) is 0 Å². The molecule has 1 heterocycles. The van der Waals surface area contributed by atoms with E-state index in [1.54, 1.807) is 36.5 Å². The Labute approximate surface area is 254 Å². The van der Waals surface area contributed by atoms with E-state index in [9.17, 15) is 0 Å². The summed E-state index contributed by atoms with van der Waals surface area (Å²) in [5.41, 5.74) is 15.2. The second-order valence-corrected chi connectivity index (χ2v) is 30.5. The van der Waals surface area contributed by atoms with Crippen molar-refractivity contribution in [2.75, 3.05) is 14.2 Å². The molecule has 4 aliphatic rings. The zero-order valence-corrected chi connectivity index (χ0v) is 28.6. The van der Waals surface area contributed by atoms with Crippen LogP contribution in [0.2, 0.25) is 9.36 Å². The van der Waals surface area contributed by atoms with E-state index >= 15 is 0 Å². The second kappa shape index (κ2) is 9.67. The number of rotatable bonds is 4. The average molecular weight is 717 g/mol. The maximum atomic E-state index is 5.47. The van der Waals surface area contributed by atoms with Gasteiger partial charge >= 0.3 is 256 Å².